The Morgan fingerprint density at radius 1 is 1.04 bits per heavy atom. The lowest BCUT2D eigenvalue weighted by Gasteiger charge is -2.22. The molecule has 0 bridgehead atoms. The zero-order valence-corrected chi connectivity index (χ0v) is 16.2. The SMILES string of the molecule is CN(c1ccccc1)c1ccccc1NC(=O)c1ccc(Br)c2cn[nH]c12. The van der Waals surface area contributed by atoms with Crippen molar-refractivity contribution in [2.75, 3.05) is 17.3 Å². The van der Waals surface area contributed by atoms with E-state index in [-0.39, 0.29) is 5.91 Å². The van der Waals surface area contributed by atoms with E-state index in [0.29, 0.717) is 11.1 Å². The van der Waals surface area contributed by atoms with Gasteiger partial charge in [-0.25, -0.2) is 0 Å². The van der Waals surface area contributed by atoms with E-state index in [1.165, 1.54) is 0 Å². The molecule has 1 heterocycles. The van der Waals surface area contributed by atoms with E-state index in [2.05, 4.69) is 31.4 Å². The molecule has 0 aliphatic heterocycles. The Morgan fingerprint density at radius 3 is 2.59 bits per heavy atom. The Kier molecular flexibility index (Phi) is 4.64. The number of nitrogens with one attached hydrogen (secondary N) is 2. The van der Waals surface area contributed by atoms with E-state index in [1.807, 2.05) is 72.6 Å². The molecule has 134 valence electrons. The number of carbonyl (C=O) groups is 1. The molecule has 5 nitrogen and oxygen atoms in total. The molecule has 0 unspecified atom stereocenters. The van der Waals surface area contributed by atoms with Crippen molar-refractivity contribution < 1.29 is 4.79 Å². The van der Waals surface area contributed by atoms with Gasteiger partial charge in [0.25, 0.3) is 5.91 Å². The Balaban J connectivity index is 1.68. The monoisotopic (exact) mass is 420 g/mol. The number of hydrogen-bond acceptors (Lipinski definition) is 3. The number of carbonyl (C=O) groups excluding carboxylic acids is 1. The normalized spacial score (nSPS) is 10.7. The summed E-state index contributed by atoms with van der Waals surface area (Å²) in [6.45, 7) is 0. The number of aromatic nitrogens is 2. The predicted octanol–water partition coefficient (Wildman–Crippen LogP) is 5.35. The number of anilines is 3. The molecule has 0 aliphatic rings. The highest BCUT2D eigenvalue weighted by molar-refractivity contribution is 9.10. The third kappa shape index (κ3) is 3.31. The van der Waals surface area contributed by atoms with Crippen LogP contribution in [-0.4, -0.2) is 23.2 Å². The van der Waals surface area contributed by atoms with Crippen molar-refractivity contribution >= 4 is 49.8 Å². The second kappa shape index (κ2) is 7.25. The summed E-state index contributed by atoms with van der Waals surface area (Å²) in [6.07, 6.45) is 1.70. The smallest absolute Gasteiger partial charge is 0.257 e. The molecule has 2 N–H and O–H groups in total. The Morgan fingerprint density at radius 2 is 1.78 bits per heavy atom. The molecular weight excluding hydrogens is 404 g/mol. The molecule has 0 radical (unpaired) electrons. The van der Waals surface area contributed by atoms with Crippen LogP contribution in [0.2, 0.25) is 0 Å². The number of fused-ring (bicyclic) bond motifs is 1. The van der Waals surface area contributed by atoms with Crippen LogP contribution in [0.25, 0.3) is 10.9 Å². The van der Waals surface area contributed by atoms with Crippen molar-refractivity contribution in [1.82, 2.24) is 10.2 Å². The molecule has 27 heavy (non-hydrogen) atoms. The van der Waals surface area contributed by atoms with Gasteiger partial charge in [0.15, 0.2) is 0 Å². The number of amides is 1. The van der Waals surface area contributed by atoms with Crippen molar-refractivity contribution in [3.05, 3.63) is 83.0 Å². The number of aromatic amines is 1. The van der Waals surface area contributed by atoms with Crippen LogP contribution in [0.3, 0.4) is 0 Å². The Labute approximate surface area is 165 Å². The first kappa shape index (κ1) is 17.3. The van der Waals surface area contributed by atoms with E-state index in [9.17, 15) is 4.79 Å². The quantitative estimate of drug-likeness (QED) is 0.467. The van der Waals surface area contributed by atoms with Crippen LogP contribution < -0.4 is 10.2 Å². The van der Waals surface area contributed by atoms with Crippen LogP contribution >= 0.6 is 15.9 Å². The van der Waals surface area contributed by atoms with Crippen molar-refractivity contribution in [2.45, 2.75) is 0 Å². The first-order chi connectivity index (χ1) is 13.1. The highest BCUT2D eigenvalue weighted by Crippen LogP contribution is 2.31. The van der Waals surface area contributed by atoms with Crippen LogP contribution in [-0.2, 0) is 0 Å². The molecule has 3 aromatic carbocycles. The minimum Gasteiger partial charge on any atom is -0.343 e. The summed E-state index contributed by atoms with van der Waals surface area (Å²) in [4.78, 5) is 15.0. The maximum atomic E-state index is 13.0. The van der Waals surface area contributed by atoms with E-state index in [1.54, 1.807) is 12.3 Å². The average Bonchev–Trinajstić information content (AvgIpc) is 3.19. The maximum Gasteiger partial charge on any atom is 0.257 e. The van der Waals surface area contributed by atoms with Gasteiger partial charge in [0, 0.05) is 22.6 Å². The van der Waals surface area contributed by atoms with Crippen molar-refractivity contribution in [3.8, 4) is 0 Å². The van der Waals surface area contributed by atoms with Gasteiger partial charge in [-0.2, -0.15) is 5.10 Å². The molecule has 4 aromatic rings. The number of halogens is 1. The van der Waals surface area contributed by atoms with Gasteiger partial charge in [-0.15, -0.1) is 0 Å². The van der Waals surface area contributed by atoms with Gasteiger partial charge in [-0.05, 0) is 36.4 Å². The molecule has 1 aromatic heterocycles. The number of nitrogens with zero attached hydrogens (tertiary/aromatic N) is 2. The summed E-state index contributed by atoms with van der Waals surface area (Å²) in [7, 11) is 1.98. The molecular formula is C21H17BrN4O. The number of benzene rings is 3. The third-order valence-corrected chi connectivity index (χ3v) is 5.16. The zero-order valence-electron chi connectivity index (χ0n) is 14.6. The summed E-state index contributed by atoms with van der Waals surface area (Å²) in [5.41, 5.74) is 3.94. The topological polar surface area (TPSA) is 61.0 Å². The van der Waals surface area contributed by atoms with E-state index >= 15 is 0 Å². The molecule has 0 atom stereocenters. The maximum absolute atomic E-state index is 13.0. The Hall–Kier alpha value is -3.12. The number of H-pyrrole nitrogens is 1. The third-order valence-electron chi connectivity index (χ3n) is 4.46. The fraction of sp³-hybridized carbons (Fsp3) is 0.0476. The molecule has 0 aliphatic carbocycles. The van der Waals surface area contributed by atoms with Gasteiger partial charge in [-0.1, -0.05) is 46.3 Å². The lowest BCUT2D eigenvalue weighted by molar-refractivity contribution is 0.102. The summed E-state index contributed by atoms with van der Waals surface area (Å²) in [6, 6.07) is 21.4. The highest BCUT2D eigenvalue weighted by atomic mass is 79.9. The van der Waals surface area contributed by atoms with Crippen LogP contribution in [0.15, 0.2) is 77.4 Å². The fourth-order valence-corrected chi connectivity index (χ4v) is 3.48. The number of rotatable bonds is 4. The first-order valence-electron chi connectivity index (χ1n) is 8.46. The highest BCUT2D eigenvalue weighted by Gasteiger charge is 2.16. The zero-order chi connectivity index (χ0) is 18.8. The van der Waals surface area contributed by atoms with Crippen LogP contribution in [0, 0.1) is 0 Å². The molecule has 0 saturated heterocycles. The van der Waals surface area contributed by atoms with E-state index < -0.39 is 0 Å². The minimum atomic E-state index is -0.189. The van der Waals surface area contributed by atoms with Gasteiger partial charge < -0.3 is 10.2 Å². The second-order valence-electron chi connectivity index (χ2n) is 6.12. The lowest BCUT2D eigenvalue weighted by Crippen LogP contribution is -2.17. The average molecular weight is 421 g/mol. The van der Waals surface area contributed by atoms with Crippen LogP contribution in [0.1, 0.15) is 10.4 Å². The molecule has 6 heteroatoms. The van der Waals surface area contributed by atoms with Gasteiger partial charge in [0.05, 0.1) is 28.7 Å². The van der Waals surface area contributed by atoms with Gasteiger partial charge in [-0.3, -0.25) is 9.89 Å². The largest absolute Gasteiger partial charge is 0.343 e. The lowest BCUT2D eigenvalue weighted by atomic mass is 10.1. The molecule has 0 spiro atoms. The summed E-state index contributed by atoms with van der Waals surface area (Å²) in [5, 5.41) is 10.9. The van der Waals surface area contributed by atoms with Crippen molar-refractivity contribution in [2.24, 2.45) is 0 Å². The minimum absolute atomic E-state index is 0.189. The van der Waals surface area contributed by atoms with Gasteiger partial charge in [0.2, 0.25) is 0 Å². The van der Waals surface area contributed by atoms with E-state index in [4.69, 9.17) is 0 Å². The second-order valence-corrected chi connectivity index (χ2v) is 6.97. The predicted molar refractivity (Wildman–Crippen MR) is 113 cm³/mol. The molecule has 0 saturated carbocycles. The number of hydrogen-bond donors (Lipinski definition) is 2. The molecule has 0 fully saturated rings. The summed E-state index contributed by atoms with van der Waals surface area (Å²) in [5.74, 6) is -0.189. The Bertz CT molecular complexity index is 1110. The molecule has 1 amide bonds. The van der Waals surface area contributed by atoms with Gasteiger partial charge in [0.1, 0.15) is 0 Å². The summed E-state index contributed by atoms with van der Waals surface area (Å²) < 4.78 is 0.895. The molecule has 4 rings (SSSR count). The first-order valence-corrected chi connectivity index (χ1v) is 9.25. The van der Waals surface area contributed by atoms with Crippen LogP contribution in [0.5, 0.6) is 0 Å². The van der Waals surface area contributed by atoms with E-state index in [0.717, 1.165) is 26.9 Å². The summed E-state index contributed by atoms with van der Waals surface area (Å²) >= 11 is 3.48. The fourth-order valence-electron chi connectivity index (χ4n) is 3.04. The van der Waals surface area contributed by atoms with Gasteiger partial charge >= 0.3 is 0 Å². The number of para-hydroxylation sites is 3. The standard InChI is InChI=1S/C21H17BrN4O/c1-26(14-7-3-2-4-8-14)19-10-6-5-9-18(19)24-21(27)15-11-12-17(22)16-13-23-25-20(15)16/h2-13H,1H3,(H,23,25)(H,24,27). The van der Waals surface area contributed by atoms with Crippen molar-refractivity contribution in [1.29, 1.82) is 0 Å². The van der Waals surface area contributed by atoms with Crippen molar-refractivity contribution in [3.63, 3.8) is 0 Å². The van der Waals surface area contributed by atoms with Crippen LogP contribution in [0.4, 0.5) is 17.1 Å².